The zero-order chi connectivity index (χ0) is 13.8. The molecule has 1 aliphatic rings. The summed E-state index contributed by atoms with van der Waals surface area (Å²) in [6.45, 7) is 4.16. The van der Waals surface area contributed by atoms with E-state index in [4.69, 9.17) is 4.74 Å². The second-order valence-electron chi connectivity index (χ2n) is 4.81. The van der Waals surface area contributed by atoms with Crippen molar-refractivity contribution in [3.8, 4) is 0 Å². The van der Waals surface area contributed by atoms with Gasteiger partial charge in [-0.25, -0.2) is 9.69 Å². The Morgan fingerprint density at radius 3 is 2.68 bits per heavy atom. The maximum absolute atomic E-state index is 12.1. The van der Waals surface area contributed by atoms with Gasteiger partial charge >= 0.3 is 6.09 Å². The number of amides is 2. The average molecular weight is 259 g/mol. The summed E-state index contributed by atoms with van der Waals surface area (Å²) in [5, 5.41) is 0. The van der Waals surface area contributed by atoms with Crippen LogP contribution in [0.5, 0.6) is 0 Å². The Kier molecular flexibility index (Phi) is 4.00. The highest BCUT2D eigenvalue weighted by molar-refractivity contribution is 5.99. The quantitative estimate of drug-likeness (QED) is 0.784. The average Bonchev–Trinajstić information content (AvgIpc) is 2.79. The zero-order valence-corrected chi connectivity index (χ0v) is 11.1. The molecule has 1 saturated heterocycles. The molecule has 0 aliphatic carbocycles. The monoisotopic (exact) mass is 259 g/mol. The van der Waals surface area contributed by atoms with E-state index in [1.165, 1.54) is 11.0 Å². The third kappa shape index (κ3) is 3.02. The maximum atomic E-state index is 12.1. The summed E-state index contributed by atoms with van der Waals surface area (Å²) in [4.78, 5) is 25.0. The van der Waals surface area contributed by atoms with E-state index in [0.717, 1.165) is 5.56 Å². The van der Waals surface area contributed by atoms with Crippen molar-refractivity contribution < 1.29 is 14.3 Å². The van der Waals surface area contributed by atoms with Crippen LogP contribution in [0.3, 0.4) is 0 Å². The molecule has 0 radical (unpaired) electrons. The van der Waals surface area contributed by atoms with E-state index >= 15 is 0 Å². The molecule has 1 aliphatic heterocycles. The van der Waals surface area contributed by atoms with Gasteiger partial charge in [-0.15, -0.1) is 0 Å². The number of rotatable bonds is 3. The number of hydrogen-bond acceptors (Lipinski definition) is 3. The molecule has 0 bridgehead atoms. The lowest BCUT2D eigenvalue weighted by Crippen LogP contribution is -2.32. The Bertz CT molecular complexity index is 493. The minimum Gasteiger partial charge on any atom is -0.446 e. The lowest BCUT2D eigenvalue weighted by molar-refractivity contribution is -0.124. The van der Waals surface area contributed by atoms with E-state index in [2.05, 4.69) is 0 Å². The number of carbonyl (C=O) groups is 2. The van der Waals surface area contributed by atoms with Gasteiger partial charge in [0.15, 0.2) is 0 Å². The molecule has 1 atom stereocenters. The van der Waals surface area contributed by atoms with Crippen molar-refractivity contribution in [1.82, 2.24) is 4.90 Å². The Balaban J connectivity index is 2.21. The first-order valence-electron chi connectivity index (χ1n) is 6.32. The molecule has 1 unspecified atom stereocenters. The molecule has 1 aromatic carbocycles. The number of carbonyl (C=O) groups excluding carboxylic acids is 2. The molecule has 4 nitrogen and oxygen atoms in total. The predicted molar refractivity (Wildman–Crippen MR) is 71.4 cm³/mol. The number of ether oxygens (including phenoxy) is 1. The highest BCUT2D eigenvalue weighted by atomic mass is 16.6. The van der Waals surface area contributed by atoms with Crippen molar-refractivity contribution in [2.45, 2.75) is 19.9 Å². The number of hydrogen-bond donors (Lipinski definition) is 0. The summed E-state index contributed by atoms with van der Waals surface area (Å²) in [5.41, 5.74) is 0.902. The summed E-state index contributed by atoms with van der Waals surface area (Å²) < 4.78 is 4.99. The van der Waals surface area contributed by atoms with Gasteiger partial charge in [-0.3, -0.25) is 4.79 Å². The molecule has 1 fully saturated rings. The SMILES string of the molecule is CC(C)/C=C/C(=O)N1C(=O)OCC1c1ccccc1. The molecular weight excluding hydrogens is 242 g/mol. The van der Waals surface area contributed by atoms with E-state index in [-0.39, 0.29) is 24.5 Å². The number of benzene rings is 1. The third-order valence-corrected chi connectivity index (χ3v) is 2.92. The summed E-state index contributed by atoms with van der Waals surface area (Å²) in [7, 11) is 0. The van der Waals surface area contributed by atoms with Crippen molar-refractivity contribution in [2.24, 2.45) is 5.92 Å². The van der Waals surface area contributed by atoms with Gasteiger partial charge in [0, 0.05) is 0 Å². The molecule has 0 spiro atoms. The van der Waals surface area contributed by atoms with Gasteiger partial charge in [0.05, 0.1) is 0 Å². The van der Waals surface area contributed by atoms with Crippen LogP contribution in [-0.4, -0.2) is 23.5 Å². The van der Waals surface area contributed by atoms with Crippen molar-refractivity contribution in [2.75, 3.05) is 6.61 Å². The minimum atomic E-state index is -0.577. The van der Waals surface area contributed by atoms with Crippen LogP contribution in [0, 0.1) is 5.92 Å². The molecule has 1 heterocycles. The van der Waals surface area contributed by atoms with Crippen LogP contribution in [0.4, 0.5) is 4.79 Å². The molecular formula is C15H17NO3. The summed E-state index contributed by atoms with van der Waals surface area (Å²) in [6, 6.07) is 9.09. The van der Waals surface area contributed by atoms with Crippen molar-refractivity contribution in [3.05, 3.63) is 48.0 Å². The van der Waals surface area contributed by atoms with Crippen LogP contribution in [0.2, 0.25) is 0 Å². The van der Waals surface area contributed by atoms with Crippen LogP contribution in [0.15, 0.2) is 42.5 Å². The van der Waals surface area contributed by atoms with E-state index < -0.39 is 6.09 Å². The zero-order valence-electron chi connectivity index (χ0n) is 11.1. The van der Waals surface area contributed by atoms with Crippen molar-refractivity contribution in [1.29, 1.82) is 0 Å². The summed E-state index contributed by atoms with van der Waals surface area (Å²) in [5.74, 6) is -0.0669. The van der Waals surface area contributed by atoms with Gasteiger partial charge < -0.3 is 4.74 Å². The van der Waals surface area contributed by atoms with Gasteiger partial charge in [-0.05, 0) is 17.6 Å². The van der Waals surface area contributed by atoms with Crippen molar-refractivity contribution in [3.63, 3.8) is 0 Å². The normalized spacial score (nSPS) is 19.2. The van der Waals surface area contributed by atoms with Gasteiger partial charge in [0.2, 0.25) is 0 Å². The first kappa shape index (κ1) is 13.3. The van der Waals surface area contributed by atoms with E-state index in [1.807, 2.05) is 44.2 Å². The fourth-order valence-electron chi connectivity index (χ4n) is 1.94. The lowest BCUT2D eigenvalue weighted by Gasteiger charge is -2.18. The molecule has 100 valence electrons. The van der Waals surface area contributed by atoms with Crippen molar-refractivity contribution >= 4 is 12.0 Å². The number of nitrogens with zero attached hydrogens (tertiary/aromatic N) is 1. The first-order valence-corrected chi connectivity index (χ1v) is 6.32. The summed E-state index contributed by atoms with van der Waals surface area (Å²) in [6.07, 6.45) is 2.63. The fraction of sp³-hybridized carbons (Fsp3) is 0.333. The standard InChI is InChI=1S/C15H17NO3/c1-11(2)8-9-14(17)16-13(10-19-15(16)18)12-6-4-3-5-7-12/h3-9,11,13H,10H2,1-2H3/b9-8+. The Labute approximate surface area is 112 Å². The van der Waals surface area contributed by atoms with Gasteiger partial charge in [-0.2, -0.15) is 0 Å². The molecule has 19 heavy (non-hydrogen) atoms. The molecule has 0 N–H and O–H groups in total. The molecule has 0 aromatic heterocycles. The second kappa shape index (κ2) is 5.69. The largest absolute Gasteiger partial charge is 0.446 e. The Morgan fingerprint density at radius 1 is 1.37 bits per heavy atom. The van der Waals surface area contributed by atoms with Gasteiger partial charge in [0.1, 0.15) is 12.6 Å². The fourth-order valence-corrected chi connectivity index (χ4v) is 1.94. The molecule has 4 heteroatoms. The smallest absolute Gasteiger partial charge is 0.417 e. The highest BCUT2D eigenvalue weighted by Gasteiger charge is 2.37. The van der Waals surface area contributed by atoms with E-state index in [0.29, 0.717) is 0 Å². The van der Waals surface area contributed by atoms with Crippen LogP contribution >= 0.6 is 0 Å². The second-order valence-corrected chi connectivity index (χ2v) is 4.81. The maximum Gasteiger partial charge on any atom is 0.417 e. The Morgan fingerprint density at radius 2 is 2.05 bits per heavy atom. The predicted octanol–water partition coefficient (Wildman–Crippen LogP) is 2.92. The Hall–Kier alpha value is -2.10. The van der Waals surface area contributed by atoms with Crippen LogP contribution in [0.25, 0.3) is 0 Å². The topological polar surface area (TPSA) is 46.6 Å². The minimum absolute atomic E-state index is 0.212. The molecule has 0 saturated carbocycles. The highest BCUT2D eigenvalue weighted by Crippen LogP contribution is 2.27. The summed E-state index contributed by atoms with van der Waals surface area (Å²) >= 11 is 0. The van der Waals surface area contributed by atoms with E-state index in [9.17, 15) is 9.59 Å². The van der Waals surface area contributed by atoms with Crippen LogP contribution in [-0.2, 0) is 9.53 Å². The number of imide groups is 1. The third-order valence-electron chi connectivity index (χ3n) is 2.92. The van der Waals surface area contributed by atoms with Crippen LogP contribution in [0.1, 0.15) is 25.5 Å². The van der Waals surface area contributed by atoms with Crippen LogP contribution < -0.4 is 0 Å². The lowest BCUT2D eigenvalue weighted by atomic mass is 10.1. The first-order chi connectivity index (χ1) is 9.09. The molecule has 2 rings (SSSR count). The number of allylic oxidation sites excluding steroid dienone is 1. The molecule has 2 amide bonds. The van der Waals surface area contributed by atoms with E-state index in [1.54, 1.807) is 6.08 Å². The molecule has 1 aromatic rings. The van der Waals surface area contributed by atoms with Gasteiger partial charge in [-0.1, -0.05) is 50.3 Å². The van der Waals surface area contributed by atoms with Gasteiger partial charge in [0.25, 0.3) is 5.91 Å². The number of cyclic esters (lactones) is 1.